The number of oxime groups is 1. The molecule has 2 aromatic heterocycles. The van der Waals surface area contributed by atoms with Gasteiger partial charge < -0.3 is 25.4 Å². The van der Waals surface area contributed by atoms with E-state index in [9.17, 15) is 19.2 Å². The first-order valence-corrected chi connectivity index (χ1v) is 22.4. The Labute approximate surface area is 373 Å². The molecule has 15 heteroatoms. The highest BCUT2D eigenvalue weighted by atomic mass is 32.2. The number of benzene rings is 3. The van der Waals surface area contributed by atoms with E-state index in [1.807, 2.05) is 111 Å². The Bertz CT molecular complexity index is 2430. The molecule has 5 aromatic rings. The molecule has 0 saturated carbocycles. The Morgan fingerprint density at radius 2 is 1.59 bits per heavy atom. The summed E-state index contributed by atoms with van der Waals surface area (Å²) in [7, 11) is 0. The number of nitrogens with zero attached hydrogens (tertiary/aromatic N) is 4. The predicted molar refractivity (Wildman–Crippen MR) is 244 cm³/mol. The molecule has 0 spiro atoms. The van der Waals surface area contributed by atoms with Gasteiger partial charge in [0.05, 0.1) is 12.2 Å². The molecule has 2 atom stereocenters. The first-order chi connectivity index (χ1) is 30.7. The Balaban J connectivity index is 1.19. The van der Waals surface area contributed by atoms with Gasteiger partial charge in [0.15, 0.2) is 10.8 Å². The third-order valence-electron chi connectivity index (χ3n) is 10.2. The van der Waals surface area contributed by atoms with Gasteiger partial charge in [0.2, 0.25) is 5.60 Å². The quantitative estimate of drug-likeness (QED) is 0.0170. The standard InChI is InChI=1S/C48H46N6O7S2/c1-3-5-27-59-45(57)33(16-4-2)29-60-46(58)41-34(25-24-32-17-15-26-50-28-32)30-62-44-40(43(56)54(41)44)52-42(55)39(38-31-63-47(49)51-38)53-61-48(35-18-9-6-10-19-35,36-20-11-7-12-21-36)37-22-13-8-14-23-37/h6-26,28,31,40,44H,3-5,27,29-30H2,1-2H3,(H2,49,51)(H,52,55)/b25-24-,33-16+,53-39?/t40-,44-/m1/s1. The van der Waals surface area contributed by atoms with Gasteiger partial charge in [-0.1, -0.05) is 141 Å². The molecule has 1 fully saturated rings. The minimum absolute atomic E-state index is 0.00690. The van der Waals surface area contributed by atoms with Crippen molar-refractivity contribution in [2.75, 3.05) is 24.7 Å². The van der Waals surface area contributed by atoms with E-state index >= 15 is 0 Å². The van der Waals surface area contributed by atoms with E-state index in [1.165, 1.54) is 16.7 Å². The third-order valence-corrected chi connectivity index (χ3v) is 12.2. The van der Waals surface area contributed by atoms with E-state index in [-0.39, 0.29) is 41.0 Å². The molecule has 63 heavy (non-hydrogen) atoms. The molecular formula is C48H46N6O7S2. The van der Waals surface area contributed by atoms with Gasteiger partial charge >= 0.3 is 11.9 Å². The number of carbonyl (C=O) groups excluding carboxylic acids is 4. The van der Waals surface area contributed by atoms with Crippen LogP contribution >= 0.6 is 23.1 Å². The van der Waals surface area contributed by atoms with E-state index in [2.05, 4.69) is 20.4 Å². The van der Waals surface area contributed by atoms with Crippen LogP contribution in [0.2, 0.25) is 0 Å². The van der Waals surface area contributed by atoms with E-state index in [4.69, 9.17) is 20.0 Å². The highest BCUT2D eigenvalue weighted by Gasteiger charge is 2.54. The first kappa shape index (κ1) is 44.2. The number of allylic oxidation sites excluding steroid dienone is 2. The highest BCUT2D eigenvalue weighted by Crippen LogP contribution is 2.43. The lowest BCUT2D eigenvalue weighted by Gasteiger charge is -2.49. The Kier molecular flexibility index (Phi) is 14.6. The summed E-state index contributed by atoms with van der Waals surface area (Å²) in [4.78, 5) is 72.2. The number of fused-ring (bicyclic) bond motifs is 1. The zero-order chi connectivity index (χ0) is 44.2. The molecule has 0 unspecified atom stereocenters. The number of esters is 2. The van der Waals surface area contributed by atoms with Gasteiger partial charge in [-0.2, -0.15) is 0 Å². The molecule has 13 nitrogen and oxygen atoms in total. The number of unbranched alkanes of at least 4 members (excludes halogenated alkanes) is 1. The molecule has 0 aliphatic carbocycles. The normalized spacial score (nSPS) is 16.6. The summed E-state index contributed by atoms with van der Waals surface area (Å²) in [5.41, 5.74) is 8.43. The van der Waals surface area contributed by atoms with Crippen molar-refractivity contribution in [3.05, 3.63) is 178 Å². The van der Waals surface area contributed by atoms with Crippen molar-refractivity contribution in [1.82, 2.24) is 20.2 Å². The number of β-lactam (4-membered cyclic amide) rings is 1. The van der Waals surface area contributed by atoms with Gasteiger partial charge in [-0.3, -0.25) is 19.5 Å². The van der Waals surface area contributed by atoms with Crippen molar-refractivity contribution in [2.24, 2.45) is 5.16 Å². The van der Waals surface area contributed by atoms with Crippen LogP contribution in [0.25, 0.3) is 6.08 Å². The Hall–Kier alpha value is -6.84. The van der Waals surface area contributed by atoms with Crippen LogP contribution in [-0.4, -0.2) is 74.7 Å². The van der Waals surface area contributed by atoms with Crippen LogP contribution in [0.5, 0.6) is 0 Å². The monoisotopic (exact) mass is 882 g/mol. The van der Waals surface area contributed by atoms with Crippen molar-refractivity contribution in [1.29, 1.82) is 0 Å². The minimum atomic E-state index is -1.32. The number of pyridine rings is 1. The van der Waals surface area contributed by atoms with Crippen molar-refractivity contribution in [3.8, 4) is 0 Å². The SMILES string of the molecule is CC/C=C(\COC(=O)C1=C(/C=C\c2cccnc2)CS[C@@H]2[C@H](NC(=O)C(=NOC(c3ccccc3)(c3ccccc3)c3ccccc3)c3csc(N)n3)C(=O)N12)C(=O)OCCCC. The number of rotatable bonds is 18. The Morgan fingerprint density at radius 3 is 2.16 bits per heavy atom. The largest absolute Gasteiger partial charge is 0.462 e. The summed E-state index contributed by atoms with van der Waals surface area (Å²) in [5.74, 6) is -2.37. The van der Waals surface area contributed by atoms with Crippen molar-refractivity contribution in [3.63, 3.8) is 0 Å². The van der Waals surface area contributed by atoms with Crippen LogP contribution in [0.15, 0.2) is 155 Å². The fourth-order valence-corrected chi connectivity index (χ4v) is 8.96. The minimum Gasteiger partial charge on any atom is -0.462 e. The summed E-state index contributed by atoms with van der Waals surface area (Å²) in [6, 6.07) is 31.2. The molecule has 0 radical (unpaired) electrons. The zero-order valence-corrected chi connectivity index (χ0v) is 36.3. The van der Waals surface area contributed by atoms with Gasteiger partial charge in [-0.15, -0.1) is 23.1 Å². The number of hydrogen-bond acceptors (Lipinski definition) is 13. The summed E-state index contributed by atoms with van der Waals surface area (Å²) < 4.78 is 11.1. The molecule has 2 aliphatic rings. The number of nitrogens with one attached hydrogen (secondary N) is 1. The van der Waals surface area contributed by atoms with Crippen molar-refractivity contribution in [2.45, 2.75) is 50.1 Å². The van der Waals surface area contributed by atoms with Crippen molar-refractivity contribution < 1.29 is 33.5 Å². The third kappa shape index (κ3) is 9.95. The second-order valence-corrected chi connectivity index (χ2v) is 16.4. The smallest absolute Gasteiger partial charge is 0.355 e. The van der Waals surface area contributed by atoms with Gasteiger partial charge in [-0.25, -0.2) is 14.6 Å². The van der Waals surface area contributed by atoms with E-state index in [0.717, 1.165) is 40.0 Å². The molecular weight excluding hydrogens is 837 g/mol. The van der Waals surface area contributed by atoms with Gasteiger partial charge in [0.1, 0.15) is 29.4 Å². The zero-order valence-electron chi connectivity index (χ0n) is 34.7. The maximum Gasteiger partial charge on any atom is 0.355 e. The van der Waals surface area contributed by atoms with E-state index in [1.54, 1.807) is 42.1 Å². The average Bonchev–Trinajstić information content (AvgIpc) is 3.76. The van der Waals surface area contributed by atoms with Crippen LogP contribution in [-0.2, 0) is 39.1 Å². The van der Waals surface area contributed by atoms with Crippen molar-refractivity contribution >= 4 is 63.8 Å². The second kappa shape index (κ2) is 20.8. The van der Waals surface area contributed by atoms with Crippen LogP contribution in [0.4, 0.5) is 5.13 Å². The lowest BCUT2D eigenvalue weighted by Crippen LogP contribution is -2.71. The number of carbonyl (C=O) groups is 4. The van der Waals surface area contributed by atoms with Crippen LogP contribution < -0.4 is 11.1 Å². The van der Waals surface area contributed by atoms with E-state index < -0.39 is 40.8 Å². The highest BCUT2D eigenvalue weighted by molar-refractivity contribution is 8.00. The number of thioether (sulfide) groups is 1. The number of anilines is 1. The molecule has 3 aromatic carbocycles. The summed E-state index contributed by atoms with van der Waals surface area (Å²) in [5, 5.41) is 8.53. The number of nitrogens with two attached hydrogens (primary N) is 1. The molecule has 2 amide bonds. The molecule has 3 N–H and O–H groups in total. The second-order valence-electron chi connectivity index (χ2n) is 14.4. The van der Waals surface area contributed by atoms with E-state index in [0.29, 0.717) is 24.2 Å². The topological polar surface area (TPSA) is 175 Å². The molecule has 7 rings (SSSR count). The summed E-state index contributed by atoms with van der Waals surface area (Å²) >= 11 is 2.49. The number of amides is 2. The van der Waals surface area contributed by atoms with Gasteiger partial charge in [-0.05, 0) is 30.0 Å². The molecule has 2 aliphatic heterocycles. The summed E-state index contributed by atoms with van der Waals surface area (Å²) in [6.07, 6.45) is 10.6. The lowest BCUT2D eigenvalue weighted by molar-refractivity contribution is -0.152. The molecule has 322 valence electrons. The average molecular weight is 883 g/mol. The van der Waals surface area contributed by atoms with Crippen LogP contribution in [0, 0.1) is 0 Å². The fraction of sp³-hybridized carbons (Fsp3) is 0.229. The lowest BCUT2D eigenvalue weighted by atomic mass is 9.80. The number of nitrogen functional groups attached to an aromatic ring is 1. The Morgan fingerprint density at radius 1 is 0.921 bits per heavy atom. The maximum absolute atomic E-state index is 14.5. The number of thiazole rings is 1. The number of aromatic nitrogens is 2. The van der Waals surface area contributed by atoms with Gasteiger partial charge in [0.25, 0.3) is 11.8 Å². The maximum atomic E-state index is 14.5. The molecule has 0 bridgehead atoms. The van der Waals surface area contributed by atoms with Crippen LogP contribution in [0.1, 0.15) is 61.1 Å². The fourth-order valence-electron chi connectivity index (χ4n) is 7.09. The number of hydrogen-bond donors (Lipinski definition) is 2. The van der Waals surface area contributed by atoms with Crippen LogP contribution in [0.3, 0.4) is 0 Å². The predicted octanol–water partition coefficient (Wildman–Crippen LogP) is 7.42. The van der Waals surface area contributed by atoms with Gasteiger partial charge in [0, 0.05) is 40.2 Å². The summed E-state index contributed by atoms with van der Waals surface area (Å²) in [6.45, 7) is 3.74. The first-order valence-electron chi connectivity index (χ1n) is 20.5. The molecule has 1 saturated heterocycles. The number of ether oxygens (including phenoxy) is 2. The molecule has 4 heterocycles.